The predicted molar refractivity (Wildman–Crippen MR) is 115 cm³/mol. The fraction of sp³-hybridized carbons (Fsp3) is 0.0870. The zero-order chi connectivity index (χ0) is 22.6. The van der Waals surface area contributed by atoms with Crippen LogP contribution in [0.3, 0.4) is 0 Å². The number of aliphatic hydroxyl groups is 1. The number of carbonyl (C=O) groups is 2. The van der Waals surface area contributed by atoms with Crippen molar-refractivity contribution in [1.82, 2.24) is 4.98 Å². The smallest absolute Gasteiger partial charge is 0.296 e. The maximum Gasteiger partial charge on any atom is 0.296 e. The average molecular weight is 450 g/mol. The molecule has 0 spiro atoms. The summed E-state index contributed by atoms with van der Waals surface area (Å²) in [5.74, 6) is -2.28. The lowest BCUT2D eigenvalue weighted by Crippen LogP contribution is -2.30. The summed E-state index contributed by atoms with van der Waals surface area (Å²) >= 11 is 1.05. The highest BCUT2D eigenvalue weighted by molar-refractivity contribution is 7.22. The number of aromatic hydroxyl groups is 1. The molecule has 4 aromatic rings. The first-order valence-corrected chi connectivity index (χ1v) is 10.4. The Hall–Kier alpha value is -3.98. The van der Waals surface area contributed by atoms with Crippen molar-refractivity contribution in [1.29, 1.82) is 0 Å². The molecular formula is C23H15FN2O5S. The lowest BCUT2D eigenvalue weighted by molar-refractivity contribution is -0.117. The zero-order valence-corrected chi connectivity index (χ0v) is 17.4. The van der Waals surface area contributed by atoms with Crippen molar-refractivity contribution in [3.8, 4) is 5.75 Å². The third-order valence-electron chi connectivity index (χ3n) is 5.15. The van der Waals surface area contributed by atoms with Crippen LogP contribution in [0.5, 0.6) is 5.75 Å². The molecule has 0 saturated carbocycles. The average Bonchev–Trinajstić information content (AvgIpc) is 3.44. The minimum atomic E-state index is -1.07. The number of phenolic OH excluding ortho intramolecular Hbond substituents is 1. The molecule has 0 fully saturated rings. The number of furan rings is 1. The number of rotatable bonds is 4. The number of thiazole rings is 1. The minimum Gasteiger partial charge on any atom is -0.508 e. The zero-order valence-electron chi connectivity index (χ0n) is 16.6. The van der Waals surface area contributed by atoms with Crippen LogP contribution in [0.25, 0.3) is 10.2 Å². The number of Topliss-reactive ketones (excluding diaryl/α,β-unsaturated/α-hetero) is 1. The molecule has 7 nitrogen and oxygen atoms in total. The number of anilines is 1. The van der Waals surface area contributed by atoms with E-state index in [0.29, 0.717) is 21.5 Å². The molecule has 32 heavy (non-hydrogen) atoms. The second-order valence-electron chi connectivity index (χ2n) is 7.28. The Bertz CT molecular complexity index is 1440. The van der Waals surface area contributed by atoms with E-state index in [9.17, 15) is 24.2 Å². The molecule has 0 radical (unpaired) electrons. The Kier molecular flexibility index (Phi) is 4.56. The maximum atomic E-state index is 13.7. The van der Waals surface area contributed by atoms with Crippen molar-refractivity contribution >= 4 is 38.4 Å². The van der Waals surface area contributed by atoms with Crippen molar-refractivity contribution in [2.75, 3.05) is 4.90 Å². The van der Waals surface area contributed by atoms with Gasteiger partial charge in [0.2, 0.25) is 5.78 Å². The molecule has 1 amide bonds. The standard InChI is InChI=1S/C23H15FN2O5S/c1-11-5-8-16(31-11)20(28)18-19(12-3-2-4-14(27)9-12)26(22(30)21(18)29)23-25-15-7-6-13(24)10-17(15)32-23/h2-10,19,27,29H,1H3. The lowest BCUT2D eigenvalue weighted by atomic mass is 9.95. The molecule has 1 aliphatic heterocycles. The third-order valence-corrected chi connectivity index (χ3v) is 6.17. The van der Waals surface area contributed by atoms with Crippen LogP contribution in [-0.2, 0) is 4.79 Å². The van der Waals surface area contributed by atoms with Gasteiger partial charge in [-0.2, -0.15) is 0 Å². The van der Waals surface area contributed by atoms with E-state index in [2.05, 4.69) is 4.98 Å². The molecule has 3 heterocycles. The van der Waals surface area contributed by atoms with Crippen molar-refractivity contribution < 1.29 is 28.6 Å². The number of hydrogen-bond acceptors (Lipinski definition) is 7. The van der Waals surface area contributed by atoms with Gasteiger partial charge in [-0.1, -0.05) is 23.5 Å². The number of aryl methyl sites for hydroxylation is 1. The first-order valence-electron chi connectivity index (χ1n) is 9.56. The summed E-state index contributed by atoms with van der Waals surface area (Å²) < 4.78 is 19.6. The number of amides is 1. The summed E-state index contributed by atoms with van der Waals surface area (Å²) in [6.45, 7) is 1.67. The molecule has 0 saturated heterocycles. The van der Waals surface area contributed by atoms with E-state index in [0.717, 1.165) is 11.3 Å². The molecule has 0 bridgehead atoms. The van der Waals surface area contributed by atoms with Crippen molar-refractivity contribution in [2.45, 2.75) is 13.0 Å². The van der Waals surface area contributed by atoms with E-state index in [1.165, 1.54) is 41.3 Å². The summed E-state index contributed by atoms with van der Waals surface area (Å²) in [5.41, 5.74) is 0.662. The highest BCUT2D eigenvalue weighted by Crippen LogP contribution is 2.44. The van der Waals surface area contributed by atoms with Gasteiger partial charge in [0.1, 0.15) is 17.3 Å². The molecule has 2 aromatic heterocycles. The van der Waals surface area contributed by atoms with E-state index in [4.69, 9.17) is 4.42 Å². The van der Waals surface area contributed by atoms with Gasteiger partial charge in [0, 0.05) is 0 Å². The van der Waals surface area contributed by atoms with Crippen LogP contribution in [0.1, 0.15) is 27.9 Å². The monoisotopic (exact) mass is 450 g/mol. The van der Waals surface area contributed by atoms with Crippen LogP contribution in [0.4, 0.5) is 9.52 Å². The van der Waals surface area contributed by atoms with Gasteiger partial charge in [-0.15, -0.1) is 0 Å². The summed E-state index contributed by atoms with van der Waals surface area (Å²) in [6, 6.07) is 12.1. The highest BCUT2D eigenvalue weighted by Gasteiger charge is 2.46. The number of aliphatic hydroxyl groups excluding tert-OH is 1. The summed E-state index contributed by atoms with van der Waals surface area (Å²) in [7, 11) is 0. The Morgan fingerprint density at radius 1 is 1.16 bits per heavy atom. The van der Waals surface area contributed by atoms with Gasteiger partial charge in [0.05, 0.1) is 21.8 Å². The van der Waals surface area contributed by atoms with Gasteiger partial charge in [0.25, 0.3) is 5.91 Å². The van der Waals surface area contributed by atoms with Gasteiger partial charge in [-0.05, 0) is 55.0 Å². The summed E-state index contributed by atoms with van der Waals surface area (Å²) in [5, 5.41) is 20.9. The number of carbonyl (C=O) groups excluding carboxylic acids is 2. The fourth-order valence-electron chi connectivity index (χ4n) is 3.72. The second kappa shape index (κ2) is 7.31. The van der Waals surface area contributed by atoms with Gasteiger partial charge >= 0.3 is 0 Å². The number of ketones is 1. The van der Waals surface area contributed by atoms with Gasteiger partial charge in [-0.25, -0.2) is 9.37 Å². The molecule has 160 valence electrons. The Morgan fingerprint density at radius 3 is 2.69 bits per heavy atom. The Morgan fingerprint density at radius 2 is 1.97 bits per heavy atom. The number of halogens is 1. The van der Waals surface area contributed by atoms with Crippen LogP contribution in [0, 0.1) is 12.7 Å². The summed E-state index contributed by atoms with van der Waals surface area (Å²) in [6.07, 6.45) is 0. The molecule has 2 aromatic carbocycles. The van der Waals surface area contributed by atoms with Crippen LogP contribution in [0.15, 0.2) is 70.3 Å². The summed E-state index contributed by atoms with van der Waals surface area (Å²) in [4.78, 5) is 32.0. The third kappa shape index (κ3) is 3.14. The molecular weight excluding hydrogens is 435 g/mol. The molecule has 9 heteroatoms. The van der Waals surface area contributed by atoms with E-state index in [-0.39, 0.29) is 22.2 Å². The molecule has 0 aliphatic carbocycles. The molecule has 5 rings (SSSR count). The molecule has 1 aliphatic rings. The SMILES string of the molecule is Cc1ccc(C(=O)C2=C(O)C(=O)N(c3nc4ccc(F)cc4s3)C2c2cccc(O)c2)o1. The van der Waals surface area contributed by atoms with Crippen LogP contribution < -0.4 is 4.90 Å². The van der Waals surface area contributed by atoms with E-state index >= 15 is 0 Å². The second-order valence-corrected chi connectivity index (χ2v) is 8.29. The first-order chi connectivity index (χ1) is 15.3. The number of hydrogen-bond donors (Lipinski definition) is 2. The van der Waals surface area contributed by atoms with Crippen molar-refractivity contribution in [2.24, 2.45) is 0 Å². The van der Waals surface area contributed by atoms with E-state index in [1.807, 2.05) is 0 Å². The largest absolute Gasteiger partial charge is 0.508 e. The number of nitrogens with zero attached hydrogens (tertiary/aromatic N) is 2. The van der Waals surface area contributed by atoms with Crippen molar-refractivity contribution in [3.05, 3.63) is 88.8 Å². The van der Waals surface area contributed by atoms with Gasteiger partial charge in [0.15, 0.2) is 16.7 Å². The molecule has 1 atom stereocenters. The first kappa shape index (κ1) is 20.0. The van der Waals surface area contributed by atoms with Crippen LogP contribution in [-0.4, -0.2) is 26.9 Å². The maximum absolute atomic E-state index is 13.7. The predicted octanol–water partition coefficient (Wildman–Crippen LogP) is 4.83. The van der Waals surface area contributed by atoms with Gasteiger partial charge < -0.3 is 14.6 Å². The van der Waals surface area contributed by atoms with Crippen molar-refractivity contribution in [3.63, 3.8) is 0 Å². The fourth-order valence-corrected chi connectivity index (χ4v) is 4.74. The number of benzene rings is 2. The number of fused-ring (bicyclic) bond motifs is 1. The normalized spacial score (nSPS) is 16.4. The highest BCUT2D eigenvalue weighted by atomic mass is 32.1. The Balaban J connectivity index is 1.69. The number of phenols is 1. The molecule has 2 N–H and O–H groups in total. The van der Waals surface area contributed by atoms with Gasteiger partial charge in [-0.3, -0.25) is 14.5 Å². The van der Waals surface area contributed by atoms with Crippen LogP contribution in [0.2, 0.25) is 0 Å². The quantitative estimate of drug-likeness (QED) is 0.432. The number of aromatic nitrogens is 1. The van der Waals surface area contributed by atoms with E-state index < -0.39 is 29.3 Å². The lowest BCUT2D eigenvalue weighted by Gasteiger charge is -2.24. The molecule has 1 unspecified atom stereocenters. The topological polar surface area (TPSA) is 104 Å². The Labute approximate surface area is 184 Å². The van der Waals surface area contributed by atoms with Crippen LogP contribution >= 0.6 is 11.3 Å². The minimum absolute atomic E-state index is 0.0322. The van der Waals surface area contributed by atoms with E-state index in [1.54, 1.807) is 25.1 Å².